The summed E-state index contributed by atoms with van der Waals surface area (Å²) in [5.74, 6) is 0.0962. The highest BCUT2D eigenvalue weighted by Crippen LogP contribution is 2.07. The van der Waals surface area contributed by atoms with Crippen molar-refractivity contribution in [2.24, 2.45) is 0 Å². The molecule has 5 heteroatoms. The van der Waals surface area contributed by atoms with E-state index in [1.807, 2.05) is 36.4 Å². The molecule has 0 fully saturated rings. The molecule has 0 saturated carbocycles. The van der Waals surface area contributed by atoms with Crippen LogP contribution in [0.3, 0.4) is 0 Å². The topological polar surface area (TPSA) is 58.1 Å². The van der Waals surface area contributed by atoms with Crippen molar-refractivity contribution in [3.8, 4) is 0 Å². The van der Waals surface area contributed by atoms with Crippen molar-refractivity contribution in [2.45, 2.75) is 32.9 Å². The van der Waals surface area contributed by atoms with Gasteiger partial charge in [0.05, 0.1) is 11.4 Å². The second kappa shape index (κ2) is 9.69. The van der Waals surface area contributed by atoms with E-state index < -0.39 is 0 Å². The first kappa shape index (κ1) is 17.1. The molecule has 5 nitrogen and oxygen atoms in total. The lowest BCUT2D eigenvalue weighted by Gasteiger charge is -2.21. The molecule has 0 aliphatic carbocycles. The third kappa shape index (κ3) is 6.57. The summed E-state index contributed by atoms with van der Waals surface area (Å²) in [6.45, 7) is 4.88. The summed E-state index contributed by atoms with van der Waals surface area (Å²) in [7, 11) is 0. The number of rotatable bonds is 9. The van der Waals surface area contributed by atoms with Gasteiger partial charge in [-0.25, -0.2) is 0 Å². The van der Waals surface area contributed by atoms with Crippen molar-refractivity contribution >= 4 is 5.91 Å². The second-order valence-corrected chi connectivity index (χ2v) is 5.45. The van der Waals surface area contributed by atoms with E-state index in [-0.39, 0.29) is 5.91 Å². The Hall–Kier alpha value is -2.27. The average molecular weight is 312 g/mol. The molecule has 122 valence electrons. The minimum atomic E-state index is 0.0962. The molecular formula is C18H24N4O. The van der Waals surface area contributed by atoms with Crippen molar-refractivity contribution in [3.05, 3.63) is 60.2 Å². The van der Waals surface area contributed by atoms with Crippen LogP contribution in [0.1, 0.15) is 31.2 Å². The minimum Gasteiger partial charge on any atom is -0.356 e. The van der Waals surface area contributed by atoms with Gasteiger partial charge in [0.15, 0.2) is 0 Å². The van der Waals surface area contributed by atoms with E-state index in [2.05, 4.69) is 27.1 Å². The molecule has 0 saturated heterocycles. The summed E-state index contributed by atoms with van der Waals surface area (Å²) in [6.07, 6.45) is 5.03. The second-order valence-electron chi connectivity index (χ2n) is 5.45. The minimum absolute atomic E-state index is 0.0962. The molecule has 0 radical (unpaired) electrons. The fourth-order valence-corrected chi connectivity index (χ4v) is 2.27. The first-order valence-electron chi connectivity index (χ1n) is 8.07. The highest BCUT2D eigenvalue weighted by atomic mass is 16.1. The molecule has 1 amide bonds. The third-order valence-electron chi connectivity index (χ3n) is 3.45. The van der Waals surface area contributed by atoms with Crippen LogP contribution in [0.15, 0.2) is 48.8 Å². The fraction of sp³-hybridized carbons (Fsp3) is 0.389. The zero-order valence-electron chi connectivity index (χ0n) is 13.6. The van der Waals surface area contributed by atoms with Crippen molar-refractivity contribution < 1.29 is 4.79 Å². The lowest BCUT2D eigenvalue weighted by atomic mass is 10.2. The van der Waals surface area contributed by atoms with E-state index in [0.29, 0.717) is 26.1 Å². The summed E-state index contributed by atoms with van der Waals surface area (Å²) in [5.41, 5.74) is 2.00. The predicted molar refractivity (Wildman–Crippen MR) is 90.5 cm³/mol. The normalized spacial score (nSPS) is 10.7. The molecule has 0 bridgehead atoms. The Bertz CT molecular complexity index is 533. The van der Waals surface area contributed by atoms with Crippen LogP contribution in [-0.4, -0.2) is 33.9 Å². The zero-order chi connectivity index (χ0) is 16.3. The Labute approximate surface area is 137 Å². The molecule has 0 aliphatic heterocycles. The number of carbonyl (C=O) groups excluding carboxylic acids is 1. The van der Waals surface area contributed by atoms with Gasteiger partial charge < -0.3 is 5.32 Å². The zero-order valence-corrected chi connectivity index (χ0v) is 13.6. The van der Waals surface area contributed by atoms with Gasteiger partial charge in [0.25, 0.3) is 0 Å². The molecule has 23 heavy (non-hydrogen) atoms. The lowest BCUT2D eigenvalue weighted by molar-refractivity contribution is -0.121. The summed E-state index contributed by atoms with van der Waals surface area (Å²) in [5, 5.41) is 2.92. The number of aromatic nitrogens is 2. The summed E-state index contributed by atoms with van der Waals surface area (Å²) in [6, 6.07) is 11.8. The van der Waals surface area contributed by atoms with Crippen molar-refractivity contribution in [1.29, 1.82) is 0 Å². The van der Waals surface area contributed by atoms with E-state index >= 15 is 0 Å². The van der Waals surface area contributed by atoms with E-state index in [1.165, 1.54) is 0 Å². The van der Waals surface area contributed by atoms with E-state index in [0.717, 1.165) is 24.4 Å². The highest BCUT2D eigenvalue weighted by Gasteiger charge is 2.11. The van der Waals surface area contributed by atoms with Gasteiger partial charge in [0, 0.05) is 45.0 Å². The van der Waals surface area contributed by atoms with Gasteiger partial charge in [-0.3, -0.25) is 19.7 Å². The van der Waals surface area contributed by atoms with Crippen LogP contribution in [0, 0.1) is 0 Å². The summed E-state index contributed by atoms with van der Waals surface area (Å²) >= 11 is 0. The van der Waals surface area contributed by atoms with Gasteiger partial charge in [-0.2, -0.15) is 0 Å². The number of nitrogens with one attached hydrogen (secondary N) is 1. The maximum Gasteiger partial charge on any atom is 0.221 e. The Morgan fingerprint density at radius 3 is 2.13 bits per heavy atom. The number of nitrogens with zero attached hydrogens (tertiary/aromatic N) is 3. The molecule has 1 N–H and O–H groups in total. The van der Waals surface area contributed by atoms with Crippen molar-refractivity contribution in [1.82, 2.24) is 20.2 Å². The van der Waals surface area contributed by atoms with Gasteiger partial charge in [-0.05, 0) is 30.7 Å². The van der Waals surface area contributed by atoms with Crippen molar-refractivity contribution in [3.63, 3.8) is 0 Å². The first-order valence-corrected chi connectivity index (χ1v) is 8.07. The van der Waals surface area contributed by atoms with Gasteiger partial charge in [-0.1, -0.05) is 19.1 Å². The Balaban J connectivity index is 1.95. The molecule has 0 spiro atoms. The largest absolute Gasteiger partial charge is 0.356 e. The van der Waals surface area contributed by atoms with E-state index in [1.54, 1.807) is 12.4 Å². The Morgan fingerprint density at radius 1 is 1.04 bits per heavy atom. The van der Waals surface area contributed by atoms with Gasteiger partial charge in [0.1, 0.15) is 0 Å². The predicted octanol–water partition coefficient (Wildman–Crippen LogP) is 2.40. The molecule has 2 heterocycles. The quantitative estimate of drug-likeness (QED) is 0.772. The number of hydrogen-bond donors (Lipinski definition) is 1. The van der Waals surface area contributed by atoms with Crippen LogP contribution in [0.5, 0.6) is 0 Å². The Morgan fingerprint density at radius 2 is 1.65 bits per heavy atom. The maximum atomic E-state index is 11.8. The van der Waals surface area contributed by atoms with Crippen LogP contribution in [0.2, 0.25) is 0 Å². The van der Waals surface area contributed by atoms with E-state index in [4.69, 9.17) is 0 Å². The van der Waals surface area contributed by atoms with Crippen LogP contribution in [0.4, 0.5) is 0 Å². The fourth-order valence-electron chi connectivity index (χ4n) is 2.27. The SMILES string of the molecule is CCCNC(=O)CCN(Cc1ccccn1)Cc1ccccn1. The molecular weight excluding hydrogens is 288 g/mol. The number of amides is 1. The molecule has 2 aromatic heterocycles. The van der Waals surface area contributed by atoms with Crippen LogP contribution in [0.25, 0.3) is 0 Å². The Kier molecular flexibility index (Phi) is 7.20. The lowest BCUT2D eigenvalue weighted by Crippen LogP contribution is -2.31. The molecule has 0 aromatic carbocycles. The average Bonchev–Trinajstić information content (AvgIpc) is 2.59. The maximum absolute atomic E-state index is 11.8. The highest BCUT2D eigenvalue weighted by molar-refractivity contribution is 5.75. The number of carbonyl (C=O) groups is 1. The third-order valence-corrected chi connectivity index (χ3v) is 3.45. The van der Waals surface area contributed by atoms with Gasteiger partial charge in [0.2, 0.25) is 5.91 Å². The molecule has 0 atom stereocenters. The first-order chi connectivity index (χ1) is 11.3. The van der Waals surface area contributed by atoms with Crippen LogP contribution < -0.4 is 5.32 Å². The van der Waals surface area contributed by atoms with E-state index in [9.17, 15) is 4.79 Å². The number of pyridine rings is 2. The molecule has 0 unspecified atom stereocenters. The van der Waals surface area contributed by atoms with Crippen LogP contribution >= 0.6 is 0 Å². The molecule has 0 aliphatic rings. The molecule has 2 aromatic rings. The standard InChI is InChI=1S/C18H24N4O/c1-2-10-21-18(23)9-13-22(14-16-7-3-5-11-19-16)15-17-8-4-6-12-20-17/h3-8,11-12H,2,9-10,13-15H2,1H3,(H,21,23). The van der Waals surface area contributed by atoms with Crippen molar-refractivity contribution in [2.75, 3.05) is 13.1 Å². The smallest absolute Gasteiger partial charge is 0.221 e. The summed E-state index contributed by atoms with van der Waals surface area (Å²) < 4.78 is 0. The van der Waals surface area contributed by atoms with Gasteiger partial charge >= 0.3 is 0 Å². The monoisotopic (exact) mass is 312 g/mol. The number of hydrogen-bond acceptors (Lipinski definition) is 4. The van der Waals surface area contributed by atoms with Gasteiger partial charge in [-0.15, -0.1) is 0 Å². The summed E-state index contributed by atoms with van der Waals surface area (Å²) in [4.78, 5) is 22.8. The molecule has 2 rings (SSSR count). The van der Waals surface area contributed by atoms with Crippen LogP contribution in [-0.2, 0) is 17.9 Å².